The number of hydrogen-bond donors (Lipinski definition) is 1. The first kappa shape index (κ1) is 31.8. The molecule has 2 N–H and O–H groups in total. The standard InChI is InChI=1S/C29H40N5O6PSi/c1-6-38-41(35,39-7-2)22-36-23(18-37-34-21-33-26-27(30)31-20-32-28(26)34)19-40-42(29(3,4)5,24-14-10-8-11-15-24)25-16-12-9-13-17-25/h8-17,20-21,23H,6-7,18-19,22H2,1-5H3,(H2,30,31,32)/t23-/m0/s1. The van der Waals surface area contributed by atoms with Gasteiger partial charge in [-0.1, -0.05) is 81.4 Å². The predicted molar refractivity (Wildman–Crippen MR) is 165 cm³/mol. The summed E-state index contributed by atoms with van der Waals surface area (Å²) in [4.78, 5) is 18.6. The van der Waals surface area contributed by atoms with E-state index < -0.39 is 22.0 Å². The number of anilines is 1. The molecule has 11 nitrogen and oxygen atoms in total. The lowest BCUT2D eigenvalue weighted by Gasteiger charge is -2.43. The van der Waals surface area contributed by atoms with Crippen molar-refractivity contribution in [3.63, 3.8) is 0 Å². The number of benzene rings is 2. The van der Waals surface area contributed by atoms with E-state index >= 15 is 0 Å². The molecule has 2 heterocycles. The molecule has 2 aromatic heterocycles. The van der Waals surface area contributed by atoms with E-state index in [9.17, 15) is 4.57 Å². The van der Waals surface area contributed by atoms with Crippen LogP contribution in [0.25, 0.3) is 11.2 Å². The average molecular weight is 614 g/mol. The van der Waals surface area contributed by atoms with E-state index in [0.717, 1.165) is 10.4 Å². The van der Waals surface area contributed by atoms with Crippen molar-refractivity contribution in [2.75, 3.05) is 38.5 Å². The lowest BCUT2D eigenvalue weighted by Crippen LogP contribution is -2.67. The number of rotatable bonds is 15. The van der Waals surface area contributed by atoms with Gasteiger partial charge in [-0.05, 0) is 29.3 Å². The van der Waals surface area contributed by atoms with Gasteiger partial charge in [0.1, 0.15) is 31.7 Å². The fourth-order valence-corrected chi connectivity index (χ4v) is 10.9. The first-order chi connectivity index (χ1) is 20.1. The van der Waals surface area contributed by atoms with Gasteiger partial charge in [0.2, 0.25) is 5.65 Å². The van der Waals surface area contributed by atoms with E-state index in [1.807, 2.05) is 36.4 Å². The maximum absolute atomic E-state index is 13.3. The fourth-order valence-electron chi connectivity index (χ4n) is 4.92. The second-order valence-corrected chi connectivity index (χ2v) is 16.9. The molecule has 4 aromatic rings. The van der Waals surface area contributed by atoms with Gasteiger partial charge in [0.05, 0.1) is 19.8 Å². The van der Waals surface area contributed by atoms with Crippen LogP contribution in [0.1, 0.15) is 34.6 Å². The van der Waals surface area contributed by atoms with Crippen molar-refractivity contribution in [1.29, 1.82) is 0 Å². The molecule has 0 fully saturated rings. The largest absolute Gasteiger partial charge is 0.408 e. The van der Waals surface area contributed by atoms with Crippen molar-refractivity contribution < 1.29 is 27.6 Å². The van der Waals surface area contributed by atoms with Crippen LogP contribution in [-0.2, 0) is 22.8 Å². The molecule has 1 atom stereocenters. The first-order valence-electron chi connectivity index (χ1n) is 13.9. The van der Waals surface area contributed by atoms with E-state index in [0.29, 0.717) is 11.2 Å². The van der Waals surface area contributed by atoms with Gasteiger partial charge in [-0.15, -0.1) is 0 Å². The predicted octanol–water partition coefficient (Wildman–Crippen LogP) is 4.02. The summed E-state index contributed by atoms with van der Waals surface area (Å²) in [6.07, 6.45) is 1.91. The SMILES string of the molecule is CCOP(=O)(CO[C@@H](COn1cnc2c(N)ncnc21)CO[Si](c1ccccc1)(c1ccccc1)C(C)(C)C)OCC. The Morgan fingerprint density at radius 3 is 2.05 bits per heavy atom. The van der Waals surface area contributed by atoms with Crippen molar-refractivity contribution in [3.8, 4) is 0 Å². The van der Waals surface area contributed by atoms with Crippen LogP contribution in [0.5, 0.6) is 0 Å². The van der Waals surface area contributed by atoms with Crippen LogP contribution in [0.2, 0.25) is 5.04 Å². The zero-order valence-electron chi connectivity index (χ0n) is 24.8. The monoisotopic (exact) mass is 613 g/mol. The minimum atomic E-state index is -3.49. The van der Waals surface area contributed by atoms with Crippen molar-refractivity contribution in [2.24, 2.45) is 0 Å². The number of hydrogen-bond acceptors (Lipinski definition) is 10. The Balaban J connectivity index is 1.66. The first-order valence-corrected chi connectivity index (χ1v) is 17.6. The molecule has 2 aromatic carbocycles. The second-order valence-electron chi connectivity index (χ2n) is 10.6. The minimum absolute atomic E-state index is 0.0336. The molecule has 0 radical (unpaired) electrons. The van der Waals surface area contributed by atoms with Crippen molar-refractivity contribution >= 4 is 43.3 Å². The lowest BCUT2D eigenvalue weighted by atomic mass is 10.2. The molecule has 0 bridgehead atoms. The molecular formula is C29H40N5O6PSi. The van der Waals surface area contributed by atoms with Crippen LogP contribution < -0.4 is 20.9 Å². The molecule has 0 spiro atoms. The quantitative estimate of drug-likeness (QED) is 0.155. The number of fused-ring (bicyclic) bond motifs is 1. The zero-order valence-corrected chi connectivity index (χ0v) is 26.7. The Labute approximate surface area is 248 Å². The summed E-state index contributed by atoms with van der Waals surface area (Å²) in [7, 11) is -6.38. The fraction of sp³-hybridized carbons (Fsp3) is 0.414. The molecule has 42 heavy (non-hydrogen) atoms. The Kier molecular flexibility index (Phi) is 10.5. The van der Waals surface area contributed by atoms with Gasteiger partial charge in [-0.2, -0.15) is 4.73 Å². The number of nitrogens with two attached hydrogens (primary N) is 1. The number of ether oxygens (including phenoxy) is 1. The minimum Gasteiger partial charge on any atom is -0.408 e. The molecule has 0 saturated carbocycles. The van der Waals surface area contributed by atoms with Gasteiger partial charge >= 0.3 is 7.60 Å². The summed E-state index contributed by atoms with van der Waals surface area (Å²) in [6.45, 7) is 10.8. The molecule has 0 aliphatic heterocycles. The van der Waals surface area contributed by atoms with Gasteiger partial charge in [-0.3, -0.25) is 4.57 Å². The van der Waals surface area contributed by atoms with Crippen molar-refractivity contribution in [2.45, 2.75) is 45.8 Å². The summed E-state index contributed by atoms with van der Waals surface area (Å²) in [5.41, 5.74) is 6.79. The van der Waals surface area contributed by atoms with Crippen molar-refractivity contribution in [1.82, 2.24) is 19.7 Å². The number of nitrogen functional groups attached to an aromatic ring is 1. The molecular weight excluding hydrogens is 573 g/mol. The van der Waals surface area contributed by atoms with E-state index in [2.05, 4.69) is 60.0 Å². The van der Waals surface area contributed by atoms with Crippen LogP contribution in [0, 0.1) is 0 Å². The molecule has 0 unspecified atom stereocenters. The van der Waals surface area contributed by atoms with E-state index in [1.165, 1.54) is 17.4 Å². The summed E-state index contributed by atoms with van der Waals surface area (Å²) in [5, 5.41) is 2.01. The smallest absolute Gasteiger partial charge is 0.356 e. The highest BCUT2D eigenvalue weighted by molar-refractivity contribution is 7.53. The van der Waals surface area contributed by atoms with Gasteiger partial charge in [0.15, 0.2) is 11.3 Å². The van der Waals surface area contributed by atoms with Crippen LogP contribution in [0.15, 0.2) is 73.3 Å². The number of imidazole rings is 1. The van der Waals surface area contributed by atoms with Gasteiger partial charge in [-0.25, -0.2) is 15.0 Å². The zero-order chi connectivity index (χ0) is 30.2. The van der Waals surface area contributed by atoms with E-state index in [4.69, 9.17) is 28.8 Å². The lowest BCUT2D eigenvalue weighted by molar-refractivity contribution is -0.0313. The Bertz CT molecular complexity index is 1420. The summed E-state index contributed by atoms with van der Waals surface area (Å²) >= 11 is 0. The number of nitrogens with zero attached hydrogens (tertiary/aromatic N) is 4. The second kappa shape index (κ2) is 13.9. The summed E-state index contributed by atoms with van der Waals surface area (Å²) in [6, 6.07) is 20.6. The molecule has 0 saturated heterocycles. The van der Waals surface area contributed by atoms with E-state index in [1.54, 1.807) is 13.8 Å². The van der Waals surface area contributed by atoms with Crippen LogP contribution in [-0.4, -0.2) is 66.9 Å². The summed E-state index contributed by atoms with van der Waals surface area (Å²) < 4.78 is 38.9. The highest BCUT2D eigenvalue weighted by atomic mass is 31.2. The van der Waals surface area contributed by atoms with Crippen molar-refractivity contribution in [3.05, 3.63) is 73.3 Å². The van der Waals surface area contributed by atoms with Gasteiger partial charge < -0.3 is 28.8 Å². The van der Waals surface area contributed by atoms with Crippen LogP contribution in [0.3, 0.4) is 0 Å². The Hall–Kier alpha value is -3.12. The maximum Gasteiger partial charge on any atom is 0.356 e. The molecule has 0 aliphatic carbocycles. The third-order valence-corrected chi connectivity index (χ3v) is 13.5. The van der Waals surface area contributed by atoms with Crippen LogP contribution >= 0.6 is 7.60 Å². The molecule has 13 heteroatoms. The Morgan fingerprint density at radius 2 is 1.50 bits per heavy atom. The molecule has 226 valence electrons. The molecule has 4 rings (SSSR count). The molecule has 0 aliphatic rings. The molecule has 0 amide bonds. The van der Waals surface area contributed by atoms with E-state index in [-0.39, 0.29) is 43.6 Å². The summed E-state index contributed by atoms with van der Waals surface area (Å²) in [5.74, 6) is 0.250. The highest BCUT2D eigenvalue weighted by Gasteiger charge is 2.50. The van der Waals surface area contributed by atoms with Gasteiger partial charge in [0, 0.05) is 0 Å². The average Bonchev–Trinajstić information content (AvgIpc) is 3.39. The third kappa shape index (κ3) is 7.08. The number of aromatic nitrogens is 4. The van der Waals surface area contributed by atoms with Crippen LogP contribution in [0.4, 0.5) is 5.82 Å². The maximum atomic E-state index is 13.3. The third-order valence-electron chi connectivity index (χ3n) is 6.75. The van der Waals surface area contributed by atoms with Gasteiger partial charge in [0.25, 0.3) is 8.32 Å². The topological polar surface area (TPSA) is 133 Å². The highest BCUT2D eigenvalue weighted by Crippen LogP contribution is 2.48. The normalized spacial score (nSPS) is 13.4. The Morgan fingerprint density at radius 1 is 0.905 bits per heavy atom.